The number of Topliss-reactive ketones (excluding diaryl/α,β-unsaturated/α-hetero) is 1. The molecule has 0 saturated carbocycles. The lowest BCUT2D eigenvalue weighted by atomic mass is 10.2. The van der Waals surface area contributed by atoms with Gasteiger partial charge in [-0.15, -0.1) is 0 Å². The summed E-state index contributed by atoms with van der Waals surface area (Å²) in [6.07, 6.45) is -0.373. The summed E-state index contributed by atoms with van der Waals surface area (Å²) in [4.78, 5) is 21.3. The van der Waals surface area contributed by atoms with Crippen LogP contribution in [0, 0.1) is 0 Å². The highest BCUT2D eigenvalue weighted by molar-refractivity contribution is 7.87. The molecule has 0 radical (unpaired) electrons. The number of aliphatic carboxylic acids is 1. The number of carboxylic acid groups (broad SMARTS) is 1. The first kappa shape index (κ1) is 14.0. The number of nitrogens with one attached hydrogen (secondary N) is 1. The monoisotopic (exact) mass is 238 g/mol. The maximum absolute atomic E-state index is 11.3. The van der Waals surface area contributed by atoms with Crippen LogP contribution in [0.1, 0.15) is 13.3 Å². The first-order chi connectivity index (χ1) is 6.66. The van der Waals surface area contributed by atoms with Crippen molar-refractivity contribution in [1.82, 2.24) is 9.03 Å². The van der Waals surface area contributed by atoms with Crippen LogP contribution in [0.25, 0.3) is 0 Å². The maximum Gasteiger partial charge on any atom is 0.322 e. The zero-order chi connectivity index (χ0) is 12.2. The molecule has 0 aromatic rings. The van der Waals surface area contributed by atoms with Gasteiger partial charge < -0.3 is 5.11 Å². The summed E-state index contributed by atoms with van der Waals surface area (Å²) in [5.41, 5.74) is 0. The number of hydrogen-bond donors (Lipinski definition) is 2. The van der Waals surface area contributed by atoms with E-state index in [2.05, 4.69) is 0 Å². The molecule has 7 nitrogen and oxygen atoms in total. The van der Waals surface area contributed by atoms with Gasteiger partial charge in [-0.3, -0.25) is 9.59 Å². The maximum atomic E-state index is 11.3. The van der Waals surface area contributed by atoms with Crippen LogP contribution in [0.5, 0.6) is 0 Å². The number of carbonyl (C=O) groups is 2. The van der Waals surface area contributed by atoms with Crippen LogP contribution in [0.2, 0.25) is 0 Å². The summed E-state index contributed by atoms with van der Waals surface area (Å²) >= 11 is 0. The Morgan fingerprint density at radius 1 is 1.40 bits per heavy atom. The quantitative estimate of drug-likeness (QED) is 0.606. The lowest BCUT2D eigenvalue weighted by Gasteiger charge is -2.16. The van der Waals surface area contributed by atoms with Crippen molar-refractivity contribution in [1.29, 1.82) is 0 Å². The highest BCUT2D eigenvalue weighted by Crippen LogP contribution is 1.98. The molecule has 0 amide bonds. The second-order valence-electron chi connectivity index (χ2n) is 3.20. The van der Waals surface area contributed by atoms with Crippen molar-refractivity contribution in [2.24, 2.45) is 0 Å². The van der Waals surface area contributed by atoms with Gasteiger partial charge in [-0.25, -0.2) is 0 Å². The Bertz CT molecular complexity index is 348. The van der Waals surface area contributed by atoms with Gasteiger partial charge in [0.15, 0.2) is 0 Å². The fourth-order valence-corrected chi connectivity index (χ4v) is 1.51. The van der Waals surface area contributed by atoms with E-state index in [1.54, 1.807) is 0 Å². The van der Waals surface area contributed by atoms with Crippen molar-refractivity contribution >= 4 is 22.0 Å². The zero-order valence-electron chi connectivity index (χ0n) is 8.72. The first-order valence-corrected chi connectivity index (χ1v) is 5.53. The number of ketones is 1. The average Bonchev–Trinajstić information content (AvgIpc) is 2.01. The zero-order valence-corrected chi connectivity index (χ0v) is 9.54. The summed E-state index contributed by atoms with van der Waals surface area (Å²) < 4.78 is 25.3. The van der Waals surface area contributed by atoms with Crippen molar-refractivity contribution in [3.63, 3.8) is 0 Å². The summed E-state index contributed by atoms with van der Waals surface area (Å²) in [7, 11) is -1.32. The number of carboxylic acids is 1. The van der Waals surface area contributed by atoms with Crippen molar-refractivity contribution < 1.29 is 23.1 Å². The third-order valence-corrected chi connectivity index (χ3v) is 3.11. The standard InChI is InChI=1S/C7H14N2O5S/c1-5(10)4-6(7(11)12)8-15(13,14)9(2)3/h6,8H,4H2,1-3H3,(H,11,12). The Morgan fingerprint density at radius 2 is 1.87 bits per heavy atom. The minimum absolute atomic E-state index is 0.373. The highest BCUT2D eigenvalue weighted by atomic mass is 32.2. The van der Waals surface area contributed by atoms with E-state index in [1.165, 1.54) is 21.0 Å². The minimum atomic E-state index is -3.84. The predicted molar refractivity (Wildman–Crippen MR) is 52.5 cm³/mol. The number of carbonyl (C=O) groups excluding carboxylic acids is 1. The lowest BCUT2D eigenvalue weighted by Crippen LogP contribution is -2.46. The molecule has 2 N–H and O–H groups in total. The van der Waals surface area contributed by atoms with Crippen LogP contribution < -0.4 is 4.72 Å². The van der Waals surface area contributed by atoms with Crippen LogP contribution in [-0.4, -0.2) is 49.7 Å². The van der Waals surface area contributed by atoms with Crippen molar-refractivity contribution in [2.45, 2.75) is 19.4 Å². The van der Waals surface area contributed by atoms with Gasteiger partial charge in [0.2, 0.25) is 0 Å². The molecule has 88 valence electrons. The van der Waals surface area contributed by atoms with E-state index in [0.717, 1.165) is 4.31 Å². The molecule has 0 aliphatic carbocycles. The van der Waals surface area contributed by atoms with E-state index >= 15 is 0 Å². The molecular weight excluding hydrogens is 224 g/mol. The molecule has 0 aliphatic heterocycles. The van der Waals surface area contributed by atoms with E-state index in [9.17, 15) is 18.0 Å². The van der Waals surface area contributed by atoms with E-state index in [4.69, 9.17) is 5.11 Å². The van der Waals surface area contributed by atoms with Crippen LogP contribution in [0.4, 0.5) is 0 Å². The van der Waals surface area contributed by atoms with E-state index in [1.807, 2.05) is 4.72 Å². The van der Waals surface area contributed by atoms with Crippen LogP contribution in [-0.2, 0) is 19.8 Å². The molecule has 0 saturated heterocycles. The van der Waals surface area contributed by atoms with Gasteiger partial charge in [-0.1, -0.05) is 0 Å². The first-order valence-electron chi connectivity index (χ1n) is 4.09. The predicted octanol–water partition coefficient (Wildman–Crippen LogP) is -1.19. The normalized spacial score (nSPS) is 13.9. The molecule has 0 aromatic carbocycles. The van der Waals surface area contributed by atoms with E-state index < -0.39 is 28.0 Å². The molecule has 1 atom stereocenters. The van der Waals surface area contributed by atoms with Crippen molar-refractivity contribution in [2.75, 3.05) is 14.1 Å². The molecule has 0 fully saturated rings. The second kappa shape index (κ2) is 5.19. The lowest BCUT2D eigenvalue weighted by molar-refractivity contribution is -0.140. The largest absolute Gasteiger partial charge is 0.480 e. The molecule has 1 unspecified atom stereocenters. The van der Waals surface area contributed by atoms with Crippen LogP contribution in [0.3, 0.4) is 0 Å². The molecule has 0 aromatic heterocycles. The number of rotatable bonds is 6. The van der Waals surface area contributed by atoms with Gasteiger partial charge in [0.05, 0.1) is 0 Å². The molecule has 0 rings (SSSR count). The van der Waals surface area contributed by atoms with Gasteiger partial charge in [-0.2, -0.15) is 17.4 Å². The summed E-state index contributed by atoms with van der Waals surface area (Å²) in [6.45, 7) is 1.19. The summed E-state index contributed by atoms with van der Waals surface area (Å²) in [5.74, 6) is -1.78. The van der Waals surface area contributed by atoms with Gasteiger partial charge in [0.1, 0.15) is 11.8 Å². The van der Waals surface area contributed by atoms with Gasteiger partial charge in [-0.05, 0) is 6.92 Å². The van der Waals surface area contributed by atoms with Gasteiger partial charge >= 0.3 is 5.97 Å². The average molecular weight is 238 g/mol. The Morgan fingerprint density at radius 3 is 2.13 bits per heavy atom. The fraction of sp³-hybridized carbons (Fsp3) is 0.714. The SMILES string of the molecule is CC(=O)CC(NS(=O)(=O)N(C)C)C(=O)O. The van der Waals surface area contributed by atoms with Gasteiger partial charge in [0.25, 0.3) is 10.2 Å². The molecule has 0 aliphatic rings. The summed E-state index contributed by atoms with van der Waals surface area (Å²) in [5, 5.41) is 8.67. The molecule has 8 heteroatoms. The topological polar surface area (TPSA) is 104 Å². The van der Waals surface area contributed by atoms with E-state index in [0.29, 0.717) is 0 Å². The van der Waals surface area contributed by atoms with Crippen molar-refractivity contribution in [3.8, 4) is 0 Å². The minimum Gasteiger partial charge on any atom is -0.480 e. The third kappa shape index (κ3) is 4.86. The third-order valence-electron chi connectivity index (χ3n) is 1.56. The molecule has 0 heterocycles. The highest BCUT2D eigenvalue weighted by Gasteiger charge is 2.26. The molecule has 0 bridgehead atoms. The van der Waals surface area contributed by atoms with Crippen LogP contribution in [0.15, 0.2) is 0 Å². The Hall–Kier alpha value is -0.990. The molecule has 0 spiro atoms. The second-order valence-corrected chi connectivity index (χ2v) is 5.12. The van der Waals surface area contributed by atoms with Crippen molar-refractivity contribution in [3.05, 3.63) is 0 Å². The molecular formula is C7H14N2O5S. The van der Waals surface area contributed by atoms with E-state index in [-0.39, 0.29) is 6.42 Å². The Labute approximate surface area is 88.3 Å². The Kier molecular flexibility index (Phi) is 4.85. The molecule has 15 heavy (non-hydrogen) atoms. The number of nitrogens with zero attached hydrogens (tertiary/aromatic N) is 1. The van der Waals surface area contributed by atoms with Crippen LogP contribution >= 0.6 is 0 Å². The fourth-order valence-electron chi connectivity index (χ4n) is 0.752. The smallest absolute Gasteiger partial charge is 0.322 e. The Balaban J connectivity index is 4.70. The summed E-state index contributed by atoms with van der Waals surface area (Å²) in [6, 6.07) is -1.42. The van der Waals surface area contributed by atoms with Gasteiger partial charge in [0, 0.05) is 20.5 Å². The number of hydrogen-bond acceptors (Lipinski definition) is 4.